The van der Waals surface area contributed by atoms with E-state index in [0.29, 0.717) is 31.5 Å². The normalized spacial score (nSPS) is 16.9. The molecule has 1 aliphatic heterocycles. The van der Waals surface area contributed by atoms with Crippen LogP contribution in [0.5, 0.6) is 5.75 Å². The van der Waals surface area contributed by atoms with Gasteiger partial charge in [-0.05, 0) is 37.0 Å². The first-order valence-corrected chi connectivity index (χ1v) is 6.41. The number of aromatic hydroxyl groups is 1. The van der Waals surface area contributed by atoms with E-state index in [2.05, 4.69) is 0 Å². The fourth-order valence-corrected chi connectivity index (χ4v) is 2.21. The Bertz CT molecular complexity index is 437. The van der Waals surface area contributed by atoms with Crippen LogP contribution in [0.4, 0.5) is 0 Å². The third kappa shape index (κ3) is 2.64. The van der Waals surface area contributed by atoms with E-state index in [1.165, 1.54) is 0 Å². The Kier molecular flexibility index (Phi) is 3.87. The summed E-state index contributed by atoms with van der Waals surface area (Å²) >= 11 is 0. The van der Waals surface area contributed by atoms with Crippen molar-refractivity contribution in [2.24, 2.45) is 0 Å². The second-order valence-corrected chi connectivity index (χ2v) is 4.73. The van der Waals surface area contributed by atoms with E-state index in [1.54, 1.807) is 17.0 Å². The Hall–Kier alpha value is -1.55. The van der Waals surface area contributed by atoms with Gasteiger partial charge < -0.3 is 15.1 Å². The van der Waals surface area contributed by atoms with Crippen LogP contribution in [-0.2, 0) is 6.42 Å². The molecular weight excluding hydrogens is 230 g/mol. The maximum Gasteiger partial charge on any atom is 0.257 e. The van der Waals surface area contributed by atoms with Gasteiger partial charge in [-0.1, -0.05) is 13.0 Å². The first kappa shape index (κ1) is 12.9. The zero-order valence-corrected chi connectivity index (χ0v) is 10.6. The summed E-state index contributed by atoms with van der Waals surface area (Å²) in [5.41, 5.74) is 1.40. The zero-order valence-electron chi connectivity index (χ0n) is 10.6. The van der Waals surface area contributed by atoms with Gasteiger partial charge in [-0.25, -0.2) is 0 Å². The lowest BCUT2D eigenvalue weighted by Crippen LogP contribution is -2.40. The van der Waals surface area contributed by atoms with Crippen LogP contribution in [0, 0.1) is 0 Å². The molecule has 98 valence electrons. The summed E-state index contributed by atoms with van der Waals surface area (Å²) in [4.78, 5) is 14.0. The molecule has 0 saturated carbocycles. The van der Waals surface area contributed by atoms with Crippen molar-refractivity contribution in [3.63, 3.8) is 0 Å². The highest BCUT2D eigenvalue weighted by Gasteiger charge is 2.24. The minimum Gasteiger partial charge on any atom is -0.507 e. The molecule has 18 heavy (non-hydrogen) atoms. The molecule has 1 saturated heterocycles. The number of aryl methyl sites for hydroxylation is 1. The summed E-state index contributed by atoms with van der Waals surface area (Å²) in [5, 5.41) is 19.2. The van der Waals surface area contributed by atoms with Crippen LogP contribution in [0.1, 0.15) is 35.7 Å². The number of aliphatic hydroxyl groups excluding tert-OH is 1. The van der Waals surface area contributed by atoms with Crippen LogP contribution < -0.4 is 0 Å². The number of likely N-dealkylation sites (tertiary alicyclic amines) is 1. The molecule has 0 atom stereocenters. The van der Waals surface area contributed by atoms with E-state index in [1.807, 2.05) is 13.0 Å². The molecule has 1 aromatic carbocycles. The molecule has 2 rings (SSSR count). The number of aliphatic hydroxyl groups is 1. The molecule has 1 aliphatic rings. The Labute approximate surface area is 107 Å². The molecule has 0 radical (unpaired) electrons. The average molecular weight is 249 g/mol. The number of phenolic OH excluding ortho intramolecular Hbond substituents is 1. The van der Waals surface area contributed by atoms with E-state index in [9.17, 15) is 15.0 Å². The van der Waals surface area contributed by atoms with Gasteiger partial charge in [0.25, 0.3) is 5.91 Å². The number of hydrogen-bond acceptors (Lipinski definition) is 3. The summed E-state index contributed by atoms with van der Waals surface area (Å²) < 4.78 is 0. The van der Waals surface area contributed by atoms with Gasteiger partial charge in [0.2, 0.25) is 0 Å². The molecule has 1 heterocycles. The van der Waals surface area contributed by atoms with Crippen molar-refractivity contribution in [2.45, 2.75) is 32.3 Å². The second kappa shape index (κ2) is 5.40. The van der Waals surface area contributed by atoms with Crippen molar-refractivity contribution >= 4 is 5.91 Å². The van der Waals surface area contributed by atoms with Crippen LogP contribution in [0.25, 0.3) is 0 Å². The molecule has 0 bridgehead atoms. The van der Waals surface area contributed by atoms with E-state index in [-0.39, 0.29) is 17.8 Å². The largest absolute Gasteiger partial charge is 0.507 e. The summed E-state index contributed by atoms with van der Waals surface area (Å²) in [6, 6.07) is 5.15. The van der Waals surface area contributed by atoms with Gasteiger partial charge in [-0.15, -0.1) is 0 Å². The predicted molar refractivity (Wildman–Crippen MR) is 68.6 cm³/mol. The topological polar surface area (TPSA) is 60.8 Å². The van der Waals surface area contributed by atoms with Gasteiger partial charge in [-0.2, -0.15) is 0 Å². The molecule has 1 fully saturated rings. The second-order valence-electron chi connectivity index (χ2n) is 4.73. The molecule has 0 unspecified atom stereocenters. The molecule has 4 nitrogen and oxygen atoms in total. The quantitative estimate of drug-likeness (QED) is 0.836. The monoisotopic (exact) mass is 249 g/mol. The Morgan fingerprint density at radius 2 is 2.06 bits per heavy atom. The van der Waals surface area contributed by atoms with E-state index in [4.69, 9.17) is 0 Å². The third-order valence-electron chi connectivity index (χ3n) is 3.45. The van der Waals surface area contributed by atoms with Gasteiger partial charge in [0.1, 0.15) is 5.75 Å². The number of carbonyl (C=O) groups is 1. The van der Waals surface area contributed by atoms with E-state index < -0.39 is 0 Å². The Morgan fingerprint density at radius 1 is 1.39 bits per heavy atom. The fourth-order valence-electron chi connectivity index (χ4n) is 2.21. The summed E-state index contributed by atoms with van der Waals surface area (Å²) in [5.74, 6) is -0.113. The average Bonchev–Trinajstić information content (AvgIpc) is 2.39. The van der Waals surface area contributed by atoms with Crippen LogP contribution >= 0.6 is 0 Å². The van der Waals surface area contributed by atoms with Crippen molar-refractivity contribution in [3.05, 3.63) is 29.3 Å². The van der Waals surface area contributed by atoms with Crippen molar-refractivity contribution in [1.82, 2.24) is 4.90 Å². The maximum atomic E-state index is 12.3. The number of piperidine rings is 1. The first-order valence-electron chi connectivity index (χ1n) is 6.41. The van der Waals surface area contributed by atoms with Crippen LogP contribution in [0.3, 0.4) is 0 Å². The number of amides is 1. The van der Waals surface area contributed by atoms with Crippen LogP contribution in [0.2, 0.25) is 0 Å². The molecular formula is C14H19NO3. The van der Waals surface area contributed by atoms with Crippen molar-refractivity contribution in [1.29, 1.82) is 0 Å². The number of nitrogens with zero attached hydrogens (tertiary/aromatic N) is 1. The molecule has 0 spiro atoms. The Morgan fingerprint density at radius 3 is 2.67 bits per heavy atom. The minimum atomic E-state index is -0.301. The number of rotatable bonds is 2. The van der Waals surface area contributed by atoms with Gasteiger partial charge >= 0.3 is 0 Å². The lowest BCUT2D eigenvalue weighted by molar-refractivity contribution is 0.0544. The van der Waals surface area contributed by atoms with Gasteiger partial charge in [-0.3, -0.25) is 4.79 Å². The maximum absolute atomic E-state index is 12.3. The van der Waals surface area contributed by atoms with Crippen molar-refractivity contribution in [2.75, 3.05) is 13.1 Å². The Balaban J connectivity index is 2.17. The van der Waals surface area contributed by atoms with Crippen LogP contribution in [0.15, 0.2) is 18.2 Å². The standard InChI is InChI=1S/C14H19NO3/c1-2-10-3-4-13(17)12(9-10)14(18)15-7-5-11(16)6-8-15/h3-4,9,11,16-17H,2,5-8H2,1H3. The van der Waals surface area contributed by atoms with Crippen LogP contribution in [-0.4, -0.2) is 40.2 Å². The van der Waals surface area contributed by atoms with Gasteiger partial charge in [0, 0.05) is 13.1 Å². The fraction of sp³-hybridized carbons (Fsp3) is 0.500. The SMILES string of the molecule is CCc1ccc(O)c(C(=O)N2CCC(O)CC2)c1. The molecule has 0 aliphatic carbocycles. The smallest absolute Gasteiger partial charge is 0.257 e. The van der Waals surface area contributed by atoms with E-state index >= 15 is 0 Å². The number of hydrogen-bond donors (Lipinski definition) is 2. The highest BCUT2D eigenvalue weighted by Crippen LogP contribution is 2.22. The lowest BCUT2D eigenvalue weighted by atomic mass is 10.0. The number of carbonyl (C=O) groups excluding carboxylic acids is 1. The molecule has 1 amide bonds. The summed E-state index contributed by atoms with van der Waals surface area (Å²) in [7, 11) is 0. The third-order valence-corrected chi connectivity index (χ3v) is 3.45. The first-order chi connectivity index (χ1) is 8.61. The van der Waals surface area contributed by atoms with E-state index in [0.717, 1.165) is 12.0 Å². The highest BCUT2D eigenvalue weighted by atomic mass is 16.3. The highest BCUT2D eigenvalue weighted by molar-refractivity contribution is 5.97. The summed E-state index contributed by atoms with van der Waals surface area (Å²) in [6.07, 6.45) is 1.75. The zero-order chi connectivity index (χ0) is 13.1. The number of benzene rings is 1. The van der Waals surface area contributed by atoms with Gasteiger partial charge in [0.15, 0.2) is 0 Å². The number of phenols is 1. The molecule has 2 N–H and O–H groups in total. The van der Waals surface area contributed by atoms with Gasteiger partial charge in [0.05, 0.1) is 11.7 Å². The summed E-state index contributed by atoms with van der Waals surface area (Å²) in [6.45, 7) is 3.11. The molecule has 4 heteroatoms. The lowest BCUT2D eigenvalue weighted by Gasteiger charge is -2.29. The molecule has 1 aromatic rings. The van der Waals surface area contributed by atoms with Crippen molar-refractivity contribution < 1.29 is 15.0 Å². The minimum absolute atomic E-state index is 0.0309. The van der Waals surface area contributed by atoms with Crippen molar-refractivity contribution in [3.8, 4) is 5.75 Å². The predicted octanol–water partition coefficient (Wildman–Crippen LogP) is 1.55. The molecule has 0 aromatic heterocycles.